The smallest absolute Gasteiger partial charge is 0.261 e. The number of benzene rings is 2. The van der Waals surface area contributed by atoms with Crippen LogP contribution < -0.4 is 10.9 Å². The molecule has 0 aliphatic rings. The van der Waals surface area contributed by atoms with E-state index in [0.717, 1.165) is 10.2 Å². The number of rotatable bonds is 3. The van der Waals surface area contributed by atoms with Crippen molar-refractivity contribution in [1.29, 1.82) is 0 Å². The number of carbonyl (C=O) groups is 1. The van der Waals surface area contributed by atoms with Crippen molar-refractivity contribution in [2.75, 3.05) is 5.32 Å². The molecule has 0 saturated carbocycles. The number of amides is 1. The molecule has 25 heavy (non-hydrogen) atoms. The summed E-state index contributed by atoms with van der Waals surface area (Å²) in [6.07, 6.45) is 1.41. The number of nitrogens with one attached hydrogen (secondary N) is 1. The molecule has 4 rings (SSSR count). The lowest BCUT2D eigenvalue weighted by Gasteiger charge is -2.14. The van der Waals surface area contributed by atoms with Crippen molar-refractivity contribution in [3.63, 3.8) is 0 Å². The number of carbonyl (C=O) groups excluding carboxylic acids is 1. The van der Waals surface area contributed by atoms with Crippen LogP contribution in [0.5, 0.6) is 0 Å². The fraction of sp³-hybridized carbons (Fsp3) is 0.111. The first-order valence-electron chi connectivity index (χ1n) is 7.76. The lowest BCUT2D eigenvalue weighted by Crippen LogP contribution is -2.31. The summed E-state index contributed by atoms with van der Waals surface area (Å²) >= 11 is 1.40. The van der Waals surface area contributed by atoms with E-state index in [1.165, 1.54) is 22.2 Å². The molecule has 0 aliphatic heterocycles. The molecule has 0 fully saturated rings. The van der Waals surface area contributed by atoms with Crippen molar-refractivity contribution >= 4 is 43.5 Å². The normalized spacial score (nSPS) is 12.4. The molecule has 0 unspecified atom stereocenters. The van der Waals surface area contributed by atoms with Gasteiger partial charge in [-0.3, -0.25) is 14.2 Å². The predicted molar refractivity (Wildman–Crippen MR) is 99.0 cm³/mol. The van der Waals surface area contributed by atoms with E-state index >= 15 is 0 Å². The molecule has 0 spiro atoms. The molecule has 1 N–H and O–H groups in total. The maximum atomic E-state index is 12.6. The maximum absolute atomic E-state index is 12.6. The Labute approximate surface area is 146 Å². The molecule has 0 aliphatic carbocycles. The van der Waals surface area contributed by atoms with Crippen LogP contribution in [0.1, 0.15) is 13.0 Å². The Morgan fingerprint density at radius 3 is 2.64 bits per heavy atom. The number of fused-ring (bicyclic) bond motifs is 2. The largest absolute Gasteiger partial charge is 0.300 e. The van der Waals surface area contributed by atoms with Gasteiger partial charge in [-0.15, -0.1) is 0 Å². The molecular weight excluding hydrogens is 336 g/mol. The lowest BCUT2D eigenvalue weighted by atomic mass is 10.2. The van der Waals surface area contributed by atoms with E-state index in [9.17, 15) is 9.59 Å². The van der Waals surface area contributed by atoms with Gasteiger partial charge in [0.05, 0.1) is 27.4 Å². The number of para-hydroxylation sites is 2. The average molecular weight is 350 g/mol. The molecule has 1 atom stereocenters. The van der Waals surface area contributed by atoms with Gasteiger partial charge in [0.2, 0.25) is 5.91 Å². The fourth-order valence-electron chi connectivity index (χ4n) is 2.62. The van der Waals surface area contributed by atoms with E-state index in [-0.39, 0.29) is 11.5 Å². The van der Waals surface area contributed by atoms with Crippen LogP contribution in [0, 0.1) is 0 Å². The Hall–Kier alpha value is -3.06. The summed E-state index contributed by atoms with van der Waals surface area (Å²) in [4.78, 5) is 33.8. The lowest BCUT2D eigenvalue weighted by molar-refractivity contribution is -0.118. The predicted octanol–water partition coefficient (Wildman–Crippen LogP) is 3.21. The molecule has 6 nitrogen and oxygen atoms in total. The Morgan fingerprint density at radius 2 is 1.84 bits per heavy atom. The van der Waals surface area contributed by atoms with E-state index in [0.29, 0.717) is 16.0 Å². The van der Waals surface area contributed by atoms with Crippen molar-refractivity contribution in [2.45, 2.75) is 13.0 Å². The number of hydrogen-bond acceptors (Lipinski definition) is 5. The number of hydrogen-bond donors (Lipinski definition) is 1. The monoisotopic (exact) mass is 350 g/mol. The summed E-state index contributed by atoms with van der Waals surface area (Å²) in [5.74, 6) is -0.307. The first-order chi connectivity index (χ1) is 12.1. The highest BCUT2D eigenvalue weighted by molar-refractivity contribution is 7.22. The van der Waals surface area contributed by atoms with Crippen molar-refractivity contribution in [2.24, 2.45) is 0 Å². The standard InChI is InChI=1S/C18H14N4O2S/c1-11(22-10-19-13-7-3-2-6-12(13)17(22)24)16(23)21-18-20-14-8-4-5-9-15(14)25-18/h2-11H,1H3,(H,20,21,23)/t11-/m1/s1. The Kier molecular flexibility index (Phi) is 3.77. The minimum Gasteiger partial charge on any atom is -0.300 e. The number of aromatic nitrogens is 3. The van der Waals surface area contributed by atoms with Gasteiger partial charge >= 0.3 is 0 Å². The highest BCUT2D eigenvalue weighted by Crippen LogP contribution is 2.25. The van der Waals surface area contributed by atoms with Crippen LogP contribution in [0.15, 0.2) is 59.7 Å². The summed E-state index contributed by atoms with van der Waals surface area (Å²) in [7, 11) is 0. The van der Waals surface area contributed by atoms with Crippen LogP contribution in [0.25, 0.3) is 21.1 Å². The van der Waals surface area contributed by atoms with Gasteiger partial charge in [-0.1, -0.05) is 35.6 Å². The van der Waals surface area contributed by atoms with Gasteiger partial charge in [-0.2, -0.15) is 0 Å². The third kappa shape index (κ3) is 2.78. The first kappa shape index (κ1) is 15.5. The molecule has 0 bridgehead atoms. The summed E-state index contributed by atoms with van der Waals surface area (Å²) in [5.41, 5.74) is 1.21. The second-order valence-corrected chi connectivity index (χ2v) is 6.66. The van der Waals surface area contributed by atoms with Crippen LogP contribution in [-0.2, 0) is 4.79 Å². The summed E-state index contributed by atoms with van der Waals surface area (Å²) in [6, 6.07) is 14.0. The minimum atomic E-state index is -0.698. The van der Waals surface area contributed by atoms with Gasteiger partial charge in [0, 0.05) is 0 Å². The number of anilines is 1. The van der Waals surface area contributed by atoms with Crippen molar-refractivity contribution in [3.05, 3.63) is 65.2 Å². The Bertz CT molecular complexity index is 1120. The van der Waals surface area contributed by atoms with Gasteiger partial charge < -0.3 is 5.32 Å². The summed E-state index contributed by atoms with van der Waals surface area (Å²) < 4.78 is 2.33. The van der Waals surface area contributed by atoms with Crippen LogP contribution in [-0.4, -0.2) is 20.4 Å². The second kappa shape index (κ2) is 6.10. The van der Waals surface area contributed by atoms with Crippen molar-refractivity contribution in [1.82, 2.24) is 14.5 Å². The van der Waals surface area contributed by atoms with Gasteiger partial charge in [0.15, 0.2) is 5.13 Å². The van der Waals surface area contributed by atoms with Gasteiger partial charge in [-0.05, 0) is 31.2 Å². The SMILES string of the molecule is C[C@H](C(=O)Nc1nc2ccccc2s1)n1cnc2ccccc2c1=O. The minimum absolute atomic E-state index is 0.238. The van der Waals surface area contributed by atoms with Gasteiger partial charge in [0.25, 0.3) is 5.56 Å². The third-order valence-corrected chi connectivity index (χ3v) is 4.96. The van der Waals surface area contributed by atoms with E-state index in [4.69, 9.17) is 0 Å². The summed E-state index contributed by atoms with van der Waals surface area (Å²) in [6.45, 7) is 1.67. The molecule has 2 aromatic carbocycles. The van der Waals surface area contributed by atoms with Crippen LogP contribution in [0.2, 0.25) is 0 Å². The Balaban J connectivity index is 1.64. The average Bonchev–Trinajstić information content (AvgIpc) is 3.04. The third-order valence-electron chi connectivity index (χ3n) is 4.01. The molecule has 0 radical (unpaired) electrons. The second-order valence-electron chi connectivity index (χ2n) is 5.63. The Morgan fingerprint density at radius 1 is 1.12 bits per heavy atom. The molecule has 4 aromatic rings. The van der Waals surface area contributed by atoms with Crippen molar-refractivity contribution in [3.8, 4) is 0 Å². The molecule has 1 amide bonds. The molecule has 0 saturated heterocycles. The molecule has 2 aromatic heterocycles. The molecule has 7 heteroatoms. The van der Waals surface area contributed by atoms with Crippen LogP contribution in [0.3, 0.4) is 0 Å². The zero-order valence-electron chi connectivity index (χ0n) is 13.3. The van der Waals surface area contributed by atoms with E-state index in [2.05, 4.69) is 15.3 Å². The highest BCUT2D eigenvalue weighted by atomic mass is 32.1. The van der Waals surface area contributed by atoms with Gasteiger partial charge in [0.1, 0.15) is 6.04 Å². The zero-order valence-corrected chi connectivity index (χ0v) is 14.2. The quantitative estimate of drug-likeness (QED) is 0.615. The maximum Gasteiger partial charge on any atom is 0.261 e. The zero-order chi connectivity index (χ0) is 17.4. The van der Waals surface area contributed by atoms with E-state index in [1.54, 1.807) is 25.1 Å². The van der Waals surface area contributed by atoms with Crippen LogP contribution in [0.4, 0.5) is 5.13 Å². The summed E-state index contributed by atoms with van der Waals surface area (Å²) in [5, 5.41) is 3.79. The fourth-order valence-corrected chi connectivity index (χ4v) is 3.49. The van der Waals surface area contributed by atoms with Crippen LogP contribution >= 0.6 is 11.3 Å². The molecule has 2 heterocycles. The van der Waals surface area contributed by atoms with E-state index < -0.39 is 6.04 Å². The topological polar surface area (TPSA) is 76.9 Å². The molecular formula is C18H14N4O2S. The molecule has 124 valence electrons. The highest BCUT2D eigenvalue weighted by Gasteiger charge is 2.19. The number of nitrogens with zero attached hydrogens (tertiary/aromatic N) is 3. The van der Waals surface area contributed by atoms with Crippen molar-refractivity contribution < 1.29 is 4.79 Å². The van der Waals surface area contributed by atoms with E-state index in [1.807, 2.05) is 30.3 Å². The van der Waals surface area contributed by atoms with Gasteiger partial charge in [-0.25, -0.2) is 9.97 Å². The first-order valence-corrected chi connectivity index (χ1v) is 8.57. The number of thiazole rings is 1.